The number of hydrogen-bond acceptors (Lipinski definition) is 5. The number of nitrogens with zero attached hydrogens (tertiary/aromatic N) is 3. The van der Waals surface area contributed by atoms with Gasteiger partial charge in [0.05, 0.1) is 24.8 Å². The third kappa shape index (κ3) is 2.90. The molecule has 2 atom stereocenters. The number of aryl methyl sites for hydroxylation is 2. The zero-order chi connectivity index (χ0) is 15.7. The highest BCUT2D eigenvalue weighted by atomic mass is 16.5. The molecule has 0 aromatic carbocycles. The van der Waals surface area contributed by atoms with E-state index in [0.717, 1.165) is 62.8 Å². The van der Waals surface area contributed by atoms with Crippen LogP contribution in [0.3, 0.4) is 0 Å². The van der Waals surface area contributed by atoms with Gasteiger partial charge in [-0.25, -0.2) is 0 Å². The van der Waals surface area contributed by atoms with E-state index in [-0.39, 0.29) is 11.8 Å². The zero-order valence-electron chi connectivity index (χ0n) is 13.7. The Morgan fingerprint density at radius 1 is 1.27 bits per heavy atom. The van der Waals surface area contributed by atoms with E-state index in [9.17, 15) is 4.79 Å². The summed E-state index contributed by atoms with van der Waals surface area (Å²) in [6.07, 6.45) is 1.06. The third-order valence-corrected chi connectivity index (χ3v) is 4.93. The van der Waals surface area contributed by atoms with Crippen molar-refractivity contribution < 1.29 is 14.1 Å². The first kappa shape index (κ1) is 15.5. The summed E-state index contributed by atoms with van der Waals surface area (Å²) < 4.78 is 10.6. The van der Waals surface area contributed by atoms with E-state index in [1.807, 2.05) is 25.7 Å². The molecule has 6 heteroatoms. The van der Waals surface area contributed by atoms with Crippen LogP contribution in [0.4, 0.5) is 0 Å². The van der Waals surface area contributed by atoms with E-state index in [1.165, 1.54) is 0 Å². The fourth-order valence-electron chi connectivity index (χ4n) is 3.69. The minimum atomic E-state index is -0.185. The molecule has 1 amide bonds. The highest BCUT2D eigenvalue weighted by Gasteiger charge is 2.34. The lowest BCUT2D eigenvalue weighted by molar-refractivity contribution is -0.131. The molecule has 2 saturated heterocycles. The minimum absolute atomic E-state index is 0.185. The second-order valence-corrected chi connectivity index (χ2v) is 6.33. The molecule has 0 radical (unpaired) electrons. The van der Waals surface area contributed by atoms with Crippen LogP contribution in [0.2, 0.25) is 0 Å². The van der Waals surface area contributed by atoms with E-state index in [4.69, 9.17) is 9.26 Å². The van der Waals surface area contributed by atoms with Gasteiger partial charge < -0.3 is 14.2 Å². The van der Waals surface area contributed by atoms with Gasteiger partial charge in [0.25, 0.3) is 0 Å². The third-order valence-electron chi connectivity index (χ3n) is 4.93. The Morgan fingerprint density at radius 3 is 2.64 bits per heavy atom. The fourth-order valence-corrected chi connectivity index (χ4v) is 3.69. The average molecular weight is 307 g/mol. The fraction of sp³-hybridized carbons (Fsp3) is 0.750. The second kappa shape index (κ2) is 6.38. The molecule has 2 aliphatic rings. The van der Waals surface area contributed by atoms with Crippen molar-refractivity contribution in [1.82, 2.24) is 15.0 Å². The second-order valence-electron chi connectivity index (χ2n) is 6.33. The summed E-state index contributed by atoms with van der Waals surface area (Å²) in [5.74, 6) is 0.752. The summed E-state index contributed by atoms with van der Waals surface area (Å²) in [4.78, 5) is 17.2. The molecule has 3 heterocycles. The molecule has 0 aliphatic carbocycles. The molecular weight excluding hydrogens is 282 g/mol. The highest BCUT2D eigenvalue weighted by Crippen LogP contribution is 2.27. The van der Waals surface area contributed by atoms with Gasteiger partial charge in [-0.2, -0.15) is 0 Å². The van der Waals surface area contributed by atoms with Crippen molar-refractivity contribution in [3.05, 3.63) is 17.0 Å². The van der Waals surface area contributed by atoms with Crippen molar-refractivity contribution in [3.63, 3.8) is 0 Å². The molecule has 0 N–H and O–H groups in total. The van der Waals surface area contributed by atoms with Gasteiger partial charge in [0.1, 0.15) is 5.76 Å². The Bertz CT molecular complexity index is 517. The summed E-state index contributed by atoms with van der Waals surface area (Å²) in [5.41, 5.74) is 1.77. The summed E-state index contributed by atoms with van der Waals surface area (Å²) in [7, 11) is 0. The molecule has 0 unspecified atom stereocenters. The number of likely N-dealkylation sites (tertiary alicyclic amines) is 1. The molecule has 0 saturated carbocycles. The SMILES string of the molecule is Cc1noc(C)c1[C@@H](C)C(=O)N1CC[C@@H](N2CCOCC2)C1. The van der Waals surface area contributed by atoms with E-state index in [0.29, 0.717) is 6.04 Å². The van der Waals surface area contributed by atoms with Crippen LogP contribution < -0.4 is 0 Å². The first-order valence-electron chi connectivity index (χ1n) is 8.11. The van der Waals surface area contributed by atoms with Crippen molar-refractivity contribution in [2.24, 2.45) is 0 Å². The molecular formula is C16H25N3O3. The van der Waals surface area contributed by atoms with Crippen molar-refractivity contribution in [3.8, 4) is 0 Å². The van der Waals surface area contributed by atoms with Crippen LogP contribution in [0.25, 0.3) is 0 Å². The first-order chi connectivity index (χ1) is 10.6. The van der Waals surface area contributed by atoms with Crippen LogP contribution in [0.5, 0.6) is 0 Å². The molecule has 6 nitrogen and oxygen atoms in total. The molecule has 0 spiro atoms. The lowest BCUT2D eigenvalue weighted by Gasteiger charge is -2.32. The van der Waals surface area contributed by atoms with Crippen LogP contribution in [0.1, 0.15) is 36.3 Å². The van der Waals surface area contributed by atoms with Crippen molar-refractivity contribution in [2.75, 3.05) is 39.4 Å². The number of hydrogen-bond donors (Lipinski definition) is 0. The Balaban J connectivity index is 1.63. The largest absolute Gasteiger partial charge is 0.379 e. The number of ether oxygens (including phenoxy) is 1. The lowest BCUT2D eigenvalue weighted by atomic mass is 9.98. The Labute approximate surface area is 131 Å². The summed E-state index contributed by atoms with van der Waals surface area (Å²) in [6, 6.07) is 0.477. The molecule has 2 aliphatic heterocycles. The Morgan fingerprint density at radius 2 is 2.00 bits per heavy atom. The van der Waals surface area contributed by atoms with Gasteiger partial charge in [-0.1, -0.05) is 5.16 Å². The Hall–Kier alpha value is -1.40. The predicted molar refractivity (Wildman–Crippen MR) is 81.8 cm³/mol. The minimum Gasteiger partial charge on any atom is -0.379 e. The van der Waals surface area contributed by atoms with Gasteiger partial charge in [0, 0.05) is 37.8 Å². The normalized spacial score (nSPS) is 24.7. The van der Waals surface area contributed by atoms with E-state index < -0.39 is 0 Å². The van der Waals surface area contributed by atoms with Gasteiger partial charge in [-0.05, 0) is 27.2 Å². The molecule has 2 fully saturated rings. The summed E-state index contributed by atoms with van der Waals surface area (Å²) >= 11 is 0. The van der Waals surface area contributed by atoms with Gasteiger partial charge in [-0.15, -0.1) is 0 Å². The maximum atomic E-state index is 12.8. The molecule has 0 bridgehead atoms. The number of carbonyl (C=O) groups is 1. The smallest absolute Gasteiger partial charge is 0.230 e. The van der Waals surface area contributed by atoms with Crippen LogP contribution in [-0.2, 0) is 9.53 Å². The standard InChI is InChI=1S/C16H25N3O3/c1-11(15-12(2)17-22-13(15)3)16(20)19-5-4-14(10-19)18-6-8-21-9-7-18/h11,14H,4-10H2,1-3H3/t11-,14-/m1/s1. The predicted octanol–water partition coefficient (Wildman–Crippen LogP) is 1.33. The van der Waals surface area contributed by atoms with Crippen LogP contribution >= 0.6 is 0 Å². The zero-order valence-corrected chi connectivity index (χ0v) is 13.7. The molecule has 3 rings (SSSR count). The number of aromatic nitrogens is 1. The van der Waals surface area contributed by atoms with Crippen LogP contribution in [-0.4, -0.2) is 66.3 Å². The number of rotatable bonds is 3. The van der Waals surface area contributed by atoms with Gasteiger partial charge in [0.15, 0.2) is 0 Å². The molecule has 22 heavy (non-hydrogen) atoms. The average Bonchev–Trinajstić information content (AvgIpc) is 3.14. The number of amides is 1. The lowest BCUT2D eigenvalue weighted by Crippen LogP contribution is -2.45. The quantitative estimate of drug-likeness (QED) is 0.843. The summed E-state index contributed by atoms with van der Waals surface area (Å²) in [5, 5.41) is 3.97. The van der Waals surface area contributed by atoms with E-state index in [1.54, 1.807) is 0 Å². The molecule has 122 valence electrons. The van der Waals surface area contributed by atoms with Crippen molar-refractivity contribution in [2.45, 2.75) is 39.2 Å². The van der Waals surface area contributed by atoms with Crippen LogP contribution in [0, 0.1) is 13.8 Å². The topological polar surface area (TPSA) is 58.8 Å². The van der Waals surface area contributed by atoms with E-state index in [2.05, 4.69) is 10.1 Å². The maximum Gasteiger partial charge on any atom is 0.230 e. The van der Waals surface area contributed by atoms with Crippen molar-refractivity contribution in [1.29, 1.82) is 0 Å². The maximum absolute atomic E-state index is 12.8. The van der Waals surface area contributed by atoms with Crippen LogP contribution in [0.15, 0.2) is 4.52 Å². The Kier molecular flexibility index (Phi) is 4.49. The number of morpholine rings is 1. The monoisotopic (exact) mass is 307 g/mol. The first-order valence-corrected chi connectivity index (χ1v) is 8.11. The van der Waals surface area contributed by atoms with Gasteiger partial charge in [0.2, 0.25) is 5.91 Å². The van der Waals surface area contributed by atoms with E-state index >= 15 is 0 Å². The van der Waals surface area contributed by atoms with Gasteiger partial charge in [-0.3, -0.25) is 9.69 Å². The number of carbonyl (C=O) groups excluding carboxylic acids is 1. The van der Waals surface area contributed by atoms with Gasteiger partial charge >= 0.3 is 0 Å². The molecule has 1 aromatic heterocycles. The molecule has 1 aromatic rings. The summed E-state index contributed by atoms with van der Waals surface area (Å²) in [6.45, 7) is 11.0. The highest BCUT2D eigenvalue weighted by molar-refractivity contribution is 5.84. The van der Waals surface area contributed by atoms with Crippen molar-refractivity contribution >= 4 is 5.91 Å².